The number of halogens is 2. The summed E-state index contributed by atoms with van der Waals surface area (Å²) in [5.41, 5.74) is 5.04. The SMILES string of the molecule is Clc1ccccc1-c1nc2c(Cl)cccc2nc1Cn1cnc2cncnc21. The van der Waals surface area contributed by atoms with Crippen molar-refractivity contribution >= 4 is 45.4 Å². The van der Waals surface area contributed by atoms with Gasteiger partial charge in [-0.05, 0) is 18.2 Å². The van der Waals surface area contributed by atoms with Crippen molar-refractivity contribution in [2.24, 2.45) is 0 Å². The van der Waals surface area contributed by atoms with Gasteiger partial charge in [-0.2, -0.15) is 0 Å². The highest BCUT2D eigenvalue weighted by Crippen LogP contribution is 2.32. The molecule has 0 aliphatic carbocycles. The lowest BCUT2D eigenvalue weighted by atomic mass is 10.1. The maximum atomic E-state index is 6.46. The third kappa shape index (κ3) is 2.87. The molecule has 0 aliphatic heterocycles. The van der Waals surface area contributed by atoms with Gasteiger partial charge in [0.05, 0.1) is 46.0 Å². The van der Waals surface area contributed by atoms with E-state index >= 15 is 0 Å². The van der Waals surface area contributed by atoms with E-state index in [0.29, 0.717) is 27.8 Å². The van der Waals surface area contributed by atoms with Crippen molar-refractivity contribution in [1.29, 1.82) is 0 Å². The molecule has 0 fully saturated rings. The molecule has 5 rings (SSSR count). The van der Waals surface area contributed by atoms with Crippen molar-refractivity contribution in [3.05, 3.63) is 77.1 Å². The van der Waals surface area contributed by atoms with Crippen molar-refractivity contribution in [2.75, 3.05) is 0 Å². The van der Waals surface area contributed by atoms with E-state index in [1.54, 1.807) is 18.6 Å². The molecule has 3 aromatic heterocycles. The van der Waals surface area contributed by atoms with E-state index in [0.717, 1.165) is 27.9 Å². The van der Waals surface area contributed by atoms with Crippen LogP contribution in [0.1, 0.15) is 5.69 Å². The zero-order valence-electron chi connectivity index (χ0n) is 14.4. The van der Waals surface area contributed by atoms with Crippen molar-refractivity contribution in [1.82, 2.24) is 29.5 Å². The van der Waals surface area contributed by atoms with Gasteiger partial charge in [0.15, 0.2) is 5.65 Å². The standard InChI is InChI=1S/C20H12Cl2N6/c21-13-5-2-1-4-12(13)18-17(26-15-7-3-6-14(22)19(15)27-18)9-28-11-25-16-8-23-10-24-20(16)28/h1-8,10-11H,9H2. The Bertz CT molecular complexity index is 1330. The number of hydrogen-bond acceptors (Lipinski definition) is 5. The molecule has 136 valence electrons. The zero-order valence-corrected chi connectivity index (χ0v) is 15.9. The quantitative estimate of drug-likeness (QED) is 0.430. The highest BCUT2D eigenvalue weighted by molar-refractivity contribution is 6.35. The lowest BCUT2D eigenvalue weighted by Gasteiger charge is -2.12. The van der Waals surface area contributed by atoms with Gasteiger partial charge in [0, 0.05) is 5.56 Å². The van der Waals surface area contributed by atoms with E-state index in [1.165, 1.54) is 6.33 Å². The summed E-state index contributed by atoms with van der Waals surface area (Å²) in [4.78, 5) is 22.4. The van der Waals surface area contributed by atoms with Gasteiger partial charge in [-0.3, -0.25) is 0 Å². The maximum absolute atomic E-state index is 6.46. The molecule has 2 aromatic carbocycles. The second kappa shape index (κ2) is 6.82. The molecule has 3 heterocycles. The summed E-state index contributed by atoms with van der Waals surface area (Å²) in [6.07, 6.45) is 4.90. The Hall–Kier alpha value is -3.09. The number of para-hydroxylation sites is 1. The van der Waals surface area contributed by atoms with Crippen LogP contribution in [-0.4, -0.2) is 29.5 Å². The molecular formula is C20H12Cl2N6. The minimum atomic E-state index is 0.434. The summed E-state index contributed by atoms with van der Waals surface area (Å²) in [7, 11) is 0. The topological polar surface area (TPSA) is 69.4 Å². The van der Waals surface area contributed by atoms with Crippen molar-refractivity contribution in [3.8, 4) is 11.3 Å². The van der Waals surface area contributed by atoms with E-state index in [1.807, 2.05) is 41.0 Å². The van der Waals surface area contributed by atoms with Crippen LogP contribution in [0.15, 0.2) is 61.3 Å². The number of nitrogens with zero attached hydrogens (tertiary/aromatic N) is 6. The summed E-state index contributed by atoms with van der Waals surface area (Å²) >= 11 is 12.8. The molecule has 0 atom stereocenters. The van der Waals surface area contributed by atoms with Gasteiger partial charge in [0.1, 0.15) is 17.4 Å². The van der Waals surface area contributed by atoms with Gasteiger partial charge in [0.2, 0.25) is 0 Å². The summed E-state index contributed by atoms with van der Waals surface area (Å²) in [5.74, 6) is 0. The summed E-state index contributed by atoms with van der Waals surface area (Å²) < 4.78 is 1.91. The predicted molar refractivity (Wildman–Crippen MR) is 109 cm³/mol. The fourth-order valence-corrected chi connectivity index (χ4v) is 3.59. The summed E-state index contributed by atoms with van der Waals surface area (Å²) in [5, 5.41) is 1.15. The van der Waals surface area contributed by atoms with Crippen LogP contribution in [0.3, 0.4) is 0 Å². The molecular weight excluding hydrogens is 395 g/mol. The number of fused-ring (bicyclic) bond motifs is 2. The lowest BCUT2D eigenvalue weighted by Crippen LogP contribution is -2.06. The minimum absolute atomic E-state index is 0.434. The summed E-state index contributed by atoms with van der Waals surface area (Å²) in [6, 6.07) is 13.1. The van der Waals surface area contributed by atoms with Gasteiger partial charge < -0.3 is 4.57 Å². The van der Waals surface area contributed by atoms with Gasteiger partial charge >= 0.3 is 0 Å². The van der Waals surface area contributed by atoms with E-state index in [9.17, 15) is 0 Å². The normalized spacial score (nSPS) is 11.4. The molecule has 0 N–H and O–H groups in total. The largest absolute Gasteiger partial charge is 0.309 e. The van der Waals surface area contributed by atoms with Crippen LogP contribution in [-0.2, 0) is 6.54 Å². The molecule has 0 amide bonds. The van der Waals surface area contributed by atoms with Gasteiger partial charge in [-0.25, -0.2) is 24.9 Å². The Morgan fingerprint density at radius 1 is 0.857 bits per heavy atom. The monoisotopic (exact) mass is 406 g/mol. The molecule has 0 unspecified atom stereocenters. The van der Waals surface area contributed by atoms with Gasteiger partial charge in [0.25, 0.3) is 0 Å². The highest BCUT2D eigenvalue weighted by Gasteiger charge is 2.16. The number of imidazole rings is 1. The Morgan fingerprint density at radius 3 is 2.61 bits per heavy atom. The fraction of sp³-hybridized carbons (Fsp3) is 0.0500. The van der Waals surface area contributed by atoms with Crippen molar-refractivity contribution in [3.63, 3.8) is 0 Å². The molecule has 0 bridgehead atoms. The molecule has 0 spiro atoms. The smallest absolute Gasteiger partial charge is 0.163 e. The molecule has 6 nitrogen and oxygen atoms in total. The highest BCUT2D eigenvalue weighted by atomic mass is 35.5. The Kier molecular flexibility index (Phi) is 4.15. The van der Waals surface area contributed by atoms with Crippen LogP contribution in [0, 0.1) is 0 Å². The molecule has 8 heteroatoms. The lowest BCUT2D eigenvalue weighted by molar-refractivity contribution is 0.789. The van der Waals surface area contributed by atoms with E-state index in [4.69, 9.17) is 33.2 Å². The summed E-state index contributed by atoms with van der Waals surface area (Å²) in [6.45, 7) is 0.434. The van der Waals surface area contributed by atoms with E-state index in [-0.39, 0.29) is 0 Å². The second-order valence-electron chi connectivity index (χ2n) is 6.21. The van der Waals surface area contributed by atoms with Crippen LogP contribution >= 0.6 is 23.2 Å². The molecule has 0 aliphatic rings. The van der Waals surface area contributed by atoms with E-state index < -0.39 is 0 Å². The molecule has 0 radical (unpaired) electrons. The number of hydrogen-bond donors (Lipinski definition) is 0. The average Bonchev–Trinajstić information content (AvgIpc) is 3.12. The average molecular weight is 407 g/mol. The molecule has 5 aromatic rings. The second-order valence-corrected chi connectivity index (χ2v) is 7.02. The Morgan fingerprint density at radius 2 is 1.71 bits per heavy atom. The number of aromatic nitrogens is 6. The predicted octanol–water partition coefficient (Wildman–Crippen LogP) is 4.79. The first-order valence-corrected chi connectivity index (χ1v) is 9.27. The molecule has 0 saturated heterocycles. The zero-order chi connectivity index (χ0) is 19.1. The molecule has 0 saturated carbocycles. The number of benzene rings is 2. The fourth-order valence-electron chi connectivity index (χ4n) is 3.15. The van der Waals surface area contributed by atoms with Crippen LogP contribution in [0.5, 0.6) is 0 Å². The molecule has 28 heavy (non-hydrogen) atoms. The van der Waals surface area contributed by atoms with E-state index in [2.05, 4.69) is 15.0 Å². The van der Waals surface area contributed by atoms with Gasteiger partial charge in [-0.1, -0.05) is 47.5 Å². The third-order valence-corrected chi connectivity index (χ3v) is 5.08. The number of rotatable bonds is 3. The Labute approximate surface area is 169 Å². The first-order chi connectivity index (χ1) is 13.7. The Balaban J connectivity index is 1.74. The minimum Gasteiger partial charge on any atom is -0.309 e. The first kappa shape index (κ1) is 17.0. The van der Waals surface area contributed by atoms with Gasteiger partial charge in [-0.15, -0.1) is 0 Å². The van der Waals surface area contributed by atoms with Crippen LogP contribution in [0.4, 0.5) is 0 Å². The van der Waals surface area contributed by atoms with Crippen molar-refractivity contribution < 1.29 is 0 Å². The first-order valence-electron chi connectivity index (χ1n) is 8.51. The van der Waals surface area contributed by atoms with Crippen molar-refractivity contribution in [2.45, 2.75) is 6.54 Å². The van der Waals surface area contributed by atoms with Crippen LogP contribution in [0.2, 0.25) is 10.0 Å². The van der Waals surface area contributed by atoms with Crippen LogP contribution in [0.25, 0.3) is 33.5 Å². The third-order valence-electron chi connectivity index (χ3n) is 4.45. The van der Waals surface area contributed by atoms with Crippen LogP contribution < -0.4 is 0 Å². The maximum Gasteiger partial charge on any atom is 0.163 e.